The number of thioether (sulfide) groups is 1. The average molecular weight is 503 g/mol. The Morgan fingerprint density at radius 2 is 1.81 bits per heavy atom. The smallest absolute Gasteiger partial charge is 0.251 e. The maximum Gasteiger partial charge on any atom is 0.251 e. The number of nitrogens with zero attached hydrogens (tertiary/aromatic N) is 3. The molecule has 9 heteroatoms. The van der Waals surface area contributed by atoms with Crippen LogP contribution in [0.3, 0.4) is 0 Å². The maximum absolute atomic E-state index is 13.1. The lowest BCUT2D eigenvalue weighted by atomic mass is 10.1. The van der Waals surface area contributed by atoms with E-state index < -0.39 is 0 Å². The quantitative estimate of drug-likeness (QED) is 0.321. The molecular formula is C27H26N4O4S. The molecule has 0 fully saturated rings. The molecule has 0 spiro atoms. The third kappa shape index (κ3) is 5.53. The summed E-state index contributed by atoms with van der Waals surface area (Å²) >= 11 is 1.55. The molecule has 0 bridgehead atoms. The van der Waals surface area contributed by atoms with E-state index in [9.17, 15) is 4.79 Å². The molecule has 0 saturated heterocycles. The molecule has 8 nitrogen and oxygen atoms in total. The molecule has 1 aromatic heterocycles. The first-order chi connectivity index (χ1) is 17.7. The summed E-state index contributed by atoms with van der Waals surface area (Å²) in [6.07, 6.45) is 0. The molecule has 0 aliphatic carbocycles. The largest absolute Gasteiger partial charge is 0.454 e. The lowest BCUT2D eigenvalue weighted by Gasteiger charge is -2.12. The Bertz CT molecular complexity index is 1340. The fourth-order valence-electron chi connectivity index (χ4n) is 3.92. The van der Waals surface area contributed by atoms with Gasteiger partial charge in [-0.15, -0.1) is 10.2 Å². The molecule has 0 unspecified atom stereocenters. The van der Waals surface area contributed by atoms with E-state index in [0.29, 0.717) is 36.8 Å². The molecule has 184 valence electrons. The second kappa shape index (κ2) is 11.3. The molecule has 36 heavy (non-hydrogen) atoms. The molecule has 0 saturated carbocycles. The summed E-state index contributed by atoms with van der Waals surface area (Å²) in [6.45, 7) is 1.64. The van der Waals surface area contributed by atoms with Gasteiger partial charge in [-0.3, -0.25) is 9.36 Å². The standard InChI is InChI=1S/C27H26N4O4S/c1-33-16-25-29-30-27(31(25)15-19-7-3-2-4-8-19)36-17-21-9-5-6-10-22(21)26(32)28-14-20-11-12-23-24(13-20)35-18-34-23/h2-13H,14-18H2,1H3,(H,28,32). The van der Waals surface area contributed by atoms with Gasteiger partial charge in [0.25, 0.3) is 5.91 Å². The van der Waals surface area contributed by atoms with E-state index in [0.717, 1.165) is 33.4 Å². The molecular weight excluding hydrogens is 476 g/mol. The Kier molecular flexibility index (Phi) is 7.49. The van der Waals surface area contributed by atoms with Gasteiger partial charge in [-0.25, -0.2) is 0 Å². The maximum atomic E-state index is 13.1. The zero-order chi connectivity index (χ0) is 24.7. The Balaban J connectivity index is 1.27. The van der Waals surface area contributed by atoms with Gasteiger partial charge in [0.2, 0.25) is 6.79 Å². The van der Waals surface area contributed by atoms with Crippen LogP contribution in [0.1, 0.15) is 32.9 Å². The molecule has 1 aliphatic heterocycles. The summed E-state index contributed by atoms with van der Waals surface area (Å²) in [4.78, 5) is 13.1. The Labute approximate surface area is 213 Å². The van der Waals surface area contributed by atoms with Crippen LogP contribution in [0.15, 0.2) is 78.0 Å². The van der Waals surface area contributed by atoms with Gasteiger partial charge in [0.1, 0.15) is 6.61 Å². The second-order valence-corrected chi connectivity index (χ2v) is 9.16. The fourth-order valence-corrected chi connectivity index (χ4v) is 4.89. The highest BCUT2D eigenvalue weighted by molar-refractivity contribution is 7.98. The lowest BCUT2D eigenvalue weighted by molar-refractivity contribution is 0.0950. The summed E-state index contributed by atoms with van der Waals surface area (Å²) in [5.74, 6) is 2.63. The number of nitrogens with one attached hydrogen (secondary N) is 1. The van der Waals surface area contributed by atoms with Crippen LogP contribution in [-0.2, 0) is 30.2 Å². The monoisotopic (exact) mass is 502 g/mol. The van der Waals surface area contributed by atoms with Crippen molar-refractivity contribution < 1.29 is 19.0 Å². The zero-order valence-corrected chi connectivity index (χ0v) is 20.7. The predicted molar refractivity (Wildman–Crippen MR) is 136 cm³/mol. The highest BCUT2D eigenvalue weighted by atomic mass is 32.2. The number of carbonyl (C=O) groups excluding carboxylic acids is 1. The number of ether oxygens (including phenoxy) is 3. The van der Waals surface area contributed by atoms with Crippen molar-refractivity contribution in [3.8, 4) is 11.5 Å². The van der Waals surface area contributed by atoms with Gasteiger partial charge in [-0.2, -0.15) is 0 Å². The van der Waals surface area contributed by atoms with Gasteiger partial charge < -0.3 is 19.5 Å². The van der Waals surface area contributed by atoms with E-state index in [4.69, 9.17) is 14.2 Å². The second-order valence-electron chi connectivity index (χ2n) is 8.22. The summed E-state index contributed by atoms with van der Waals surface area (Å²) in [7, 11) is 1.65. The number of hydrogen-bond donors (Lipinski definition) is 1. The number of methoxy groups -OCH3 is 1. The molecule has 3 aromatic carbocycles. The van der Waals surface area contributed by atoms with Crippen molar-refractivity contribution in [2.75, 3.05) is 13.9 Å². The Morgan fingerprint density at radius 1 is 1.00 bits per heavy atom. The van der Waals surface area contributed by atoms with E-state index in [2.05, 4.69) is 32.2 Å². The Morgan fingerprint density at radius 3 is 2.67 bits per heavy atom. The first-order valence-electron chi connectivity index (χ1n) is 11.5. The number of benzene rings is 3. The normalized spacial score (nSPS) is 12.0. The number of aromatic nitrogens is 3. The van der Waals surface area contributed by atoms with Gasteiger partial charge in [-0.1, -0.05) is 66.4 Å². The van der Waals surface area contributed by atoms with Crippen molar-refractivity contribution in [1.82, 2.24) is 20.1 Å². The summed E-state index contributed by atoms with van der Waals surface area (Å²) in [5, 5.41) is 12.5. The number of rotatable bonds is 10. The highest BCUT2D eigenvalue weighted by Crippen LogP contribution is 2.32. The van der Waals surface area contributed by atoms with Crippen LogP contribution in [0.4, 0.5) is 0 Å². The highest BCUT2D eigenvalue weighted by Gasteiger charge is 2.17. The third-order valence-corrected chi connectivity index (χ3v) is 6.77. The van der Waals surface area contributed by atoms with E-state index in [1.165, 1.54) is 0 Å². The summed E-state index contributed by atoms with van der Waals surface area (Å²) in [5.41, 5.74) is 3.66. The number of fused-ring (bicyclic) bond motifs is 1. The third-order valence-electron chi connectivity index (χ3n) is 5.76. The van der Waals surface area contributed by atoms with Crippen LogP contribution >= 0.6 is 11.8 Å². The minimum Gasteiger partial charge on any atom is -0.454 e. The SMILES string of the molecule is COCc1nnc(SCc2ccccc2C(=O)NCc2ccc3c(c2)OCO3)n1Cc1ccccc1. The zero-order valence-electron chi connectivity index (χ0n) is 19.8. The predicted octanol–water partition coefficient (Wildman–Crippen LogP) is 4.42. The van der Waals surface area contributed by atoms with Crippen LogP contribution < -0.4 is 14.8 Å². The first kappa shape index (κ1) is 23.9. The number of carbonyl (C=O) groups is 1. The summed E-state index contributed by atoms with van der Waals surface area (Å²) < 4.78 is 18.2. The van der Waals surface area contributed by atoms with Crippen LogP contribution in [0.5, 0.6) is 11.5 Å². The van der Waals surface area contributed by atoms with E-state index in [1.54, 1.807) is 18.9 Å². The molecule has 1 aliphatic rings. The van der Waals surface area contributed by atoms with Crippen LogP contribution in [-0.4, -0.2) is 34.6 Å². The Hall–Kier alpha value is -3.82. The molecule has 0 radical (unpaired) electrons. The van der Waals surface area contributed by atoms with Crippen molar-refractivity contribution >= 4 is 17.7 Å². The van der Waals surface area contributed by atoms with E-state index >= 15 is 0 Å². The molecule has 5 rings (SSSR count). The van der Waals surface area contributed by atoms with Gasteiger partial charge in [-0.05, 0) is 34.9 Å². The van der Waals surface area contributed by atoms with E-state index in [1.807, 2.05) is 60.7 Å². The van der Waals surface area contributed by atoms with Crippen molar-refractivity contribution in [1.29, 1.82) is 0 Å². The molecule has 0 atom stereocenters. The first-order valence-corrected chi connectivity index (χ1v) is 12.5. The van der Waals surface area contributed by atoms with Crippen LogP contribution in [0.2, 0.25) is 0 Å². The van der Waals surface area contributed by atoms with Gasteiger partial charge in [0.15, 0.2) is 22.5 Å². The fraction of sp³-hybridized carbons (Fsp3) is 0.222. The van der Waals surface area contributed by atoms with Crippen LogP contribution in [0.25, 0.3) is 0 Å². The lowest BCUT2D eigenvalue weighted by Crippen LogP contribution is -2.23. The summed E-state index contributed by atoms with van der Waals surface area (Å²) in [6, 6.07) is 23.5. The van der Waals surface area contributed by atoms with E-state index in [-0.39, 0.29) is 12.7 Å². The van der Waals surface area contributed by atoms with Gasteiger partial charge in [0.05, 0.1) is 6.54 Å². The minimum absolute atomic E-state index is 0.130. The van der Waals surface area contributed by atoms with Crippen molar-refractivity contribution in [3.05, 3.63) is 101 Å². The molecule has 1 amide bonds. The average Bonchev–Trinajstić information content (AvgIpc) is 3.54. The molecule has 1 N–H and O–H groups in total. The minimum atomic E-state index is -0.130. The molecule has 2 heterocycles. The van der Waals surface area contributed by atoms with Crippen molar-refractivity contribution in [2.24, 2.45) is 0 Å². The van der Waals surface area contributed by atoms with Crippen LogP contribution in [0, 0.1) is 0 Å². The van der Waals surface area contributed by atoms with Gasteiger partial charge >= 0.3 is 0 Å². The van der Waals surface area contributed by atoms with Gasteiger partial charge in [0, 0.05) is 25.0 Å². The number of amides is 1. The molecule has 4 aromatic rings. The number of hydrogen-bond acceptors (Lipinski definition) is 7. The topological polar surface area (TPSA) is 87.5 Å². The van der Waals surface area contributed by atoms with Crippen molar-refractivity contribution in [2.45, 2.75) is 30.6 Å². The van der Waals surface area contributed by atoms with Crippen molar-refractivity contribution in [3.63, 3.8) is 0 Å².